The first-order valence-corrected chi connectivity index (χ1v) is 4.28. The van der Waals surface area contributed by atoms with E-state index in [1.165, 1.54) is 12.1 Å². The SMILES string of the molecule is Cc1nc2cc(F)cc(N)c2nc1C. The van der Waals surface area contributed by atoms with Gasteiger partial charge in [0.2, 0.25) is 0 Å². The summed E-state index contributed by atoms with van der Waals surface area (Å²) in [6.45, 7) is 3.69. The van der Waals surface area contributed by atoms with Gasteiger partial charge in [0, 0.05) is 6.07 Å². The number of anilines is 1. The molecule has 0 atom stereocenters. The van der Waals surface area contributed by atoms with Gasteiger partial charge in [-0.05, 0) is 19.9 Å². The van der Waals surface area contributed by atoms with Gasteiger partial charge in [-0.25, -0.2) is 14.4 Å². The molecular formula is C10H10FN3. The normalized spacial score (nSPS) is 10.8. The molecule has 0 aliphatic rings. The van der Waals surface area contributed by atoms with Gasteiger partial charge in [0.15, 0.2) is 0 Å². The Bertz CT molecular complexity index is 508. The molecule has 72 valence electrons. The van der Waals surface area contributed by atoms with Gasteiger partial charge in [-0.15, -0.1) is 0 Å². The zero-order valence-corrected chi connectivity index (χ0v) is 8.00. The van der Waals surface area contributed by atoms with Gasteiger partial charge in [-0.1, -0.05) is 0 Å². The average Bonchev–Trinajstić information content (AvgIpc) is 2.08. The first-order chi connectivity index (χ1) is 6.58. The smallest absolute Gasteiger partial charge is 0.127 e. The fourth-order valence-electron chi connectivity index (χ4n) is 1.32. The first-order valence-electron chi connectivity index (χ1n) is 4.28. The Hall–Kier alpha value is -1.71. The number of hydrogen-bond donors (Lipinski definition) is 1. The van der Waals surface area contributed by atoms with Crippen molar-refractivity contribution in [2.75, 3.05) is 5.73 Å². The zero-order valence-electron chi connectivity index (χ0n) is 8.00. The van der Waals surface area contributed by atoms with Crippen LogP contribution in [0.4, 0.5) is 10.1 Å². The second kappa shape index (κ2) is 2.90. The number of nitrogens with zero attached hydrogens (tertiary/aromatic N) is 2. The summed E-state index contributed by atoms with van der Waals surface area (Å²) >= 11 is 0. The Labute approximate surface area is 80.8 Å². The Kier molecular flexibility index (Phi) is 1.84. The molecule has 2 N–H and O–H groups in total. The highest BCUT2D eigenvalue weighted by Crippen LogP contribution is 2.20. The molecule has 0 aliphatic heterocycles. The van der Waals surface area contributed by atoms with Crippen LogP contribution >= 0.6 is 0 Å². The van der Waals surface area contributed by atoms with Crippen LogP contribution in [0.1, 0.15) is 11.4 Å². The van der Waals surface area contributed by atoms with Crippen molar-refractivity contribution in [1.29, 1.82) is 0 Å². The number of aromatic nitrogens is 2. The van der Waals surface area contributed by atoms with Crippen LogP contribution in [0.5, 0.6) is 0 Å². The predicted molar refractivity (Wildman–Crippen MR) is 53.4 cm³/mol. The van der Waals surface area contributed by atoms with Crippen LogP contribution in [0.15, 0.2) is 12.1 Å². The van der Waals surface area contributed by atoms with Gasteiger partial charge in [0.05, 0.1) is 22.6 Å². The Morgan fingerprint density at radius 1 is 1.14 bits per heavy atom. The molecule has 3 nitrogen and oxygen atoms in total. The molecule has 1 heterocycles. The van der Waals surface area contributed by atoms with Crippen molar-refractivity contribution < 1.29 is 4.39 Å². The lowest BCUT2D eigenvalue weighted by Crippen LogP contribution is -1.98. The van der Waals surface area contributed by atoms with E-state index in [1.807, 2.05) is 13.8 Å². The quantitative estimate of drug-likeness (QED) is 0.647. The fourth-order valence-corrected chi connectivity index (χ4v) is 1.32. The second-order valence-corrected chi connectivity index (χ2v) is 3.26. The maximum absolute atomic E-state index is 13.0. The molecule has 0 saturated carbocycles. The van der Waals surface area contributed by atoms with Crippen LogP contribution in [0.25, 0.3) is 11.0 Å². The number of halogens is 1. The van der Waals surface area contributed by atoms with E-state index in [0.29, 0.717) is 16.7 Å². The molecule has 1 aromatic carbocycles. The lowest BCUT2D eigenvalue weighted by Gasteiger charge is -2.04. The molecule has 0 aliphatic carbocycles. The number of hydrogen-bond acceptors (Lipinski definition) is 3. The van der Waals surface area contributed by atoms with Crippen LogP contribution in [0, 0.1) is 19.7 Å². The minimum Gasteiger partial charge on any atom is -0.397 e. The third-order valence-corrected chi connectivity index (χ3v) is 2.18. The van der Waals surface area contributed by atoms with Crippen molar-refractivity contribution in [1.82, 2.24) is 9.97 Å². The molecule has 0 unspecified atom stereocenters. The van der Waals surface area contributed by atoms with E-state index < -0.39 is 0 Å². The molecule has 1 aromatic heterocycles. The summed E-state index contributed by atoms with van der Waals surface area (Å²) in [4.78, 5) is 8.48. The van der Waals surface area contributed by atoms with E-state index in [1.54, 1.807) is 0 Å². The minimum atomic E-state index is -0.382. The molecule has 4 heteroatoms. The number of benzene rings is 1. The summed E-state index contributed by atoms with van der Waals surface area (Å²) in [6.07, 6.45) is 0. The fraction of sp³-hybridized carbons (Fsp3) is 0.200. The molecule has 0 saturated heterocycles. The highest BCUT2D eigenvalue weighted by Gasteiger charge is 2.06. The van der Waals surface area contributed by atoms with Gasteiger partial charge in [0.1, 0.15) is 11.3 Å². The van der Waals surface area contributed by atoms with E-state index in [2.05, 4.69) is 9.97 Å². The Balaban J connectivity index is 2.89. The number of nitrogen functional groups attached to an aromatic ring is 1. The topological polar surface area (TPSA) is 51.8 Å². The summed E-state index contributed by atoms with van der Waals surface area (Å²) < 4.78 is 13.0. The maximum Gasteiger partial charge on any atom is 0.127 e. The molecule has 2 aromatic rings. The van der Waals surface area contributed by atoms with E-state index in [4.69, 9.17) is 5.73 Å². The van der Waals surface area contributed by atoms with Crippen LogP contribution in [0.2, 0.25) is 0 Å². The Morgan fingerprint density at radius 2 is 1.79 bits per heavy atom. The maximum atomic E-state index is 13.0. The monoisotopic (exact) mass is 191 g/mol. The van der Waals surface area contributed by atoms with Crippen LogP contribution in [-0.2, 0) is 0 Å². The van der Waals surface area contributed by atoms with Crippen molar-refractivity contribution in [3.05, 3.63) is 29.3 Å². The van der Waals surface area contributed by atoms with Crippen LogP contribution < -0.4 is 5.73 Å². The van der Waals surface area contributed by atoms with Crippen molar-refractivity contribution in [3.8, 4) is 0 Å². The lowest BCUT2D eigenvalue weighted by atomic mass is 10.2. The Morgan fingerprint density at radius 3 is 2.50 bits per heavy atom. The number of fused-ring (bicyclic) bond motifs is 1. The summed E-state index contributed by atoms with van der Waals surface area (Å²) in [5.74, 6) is -0.382. The largest absolute Gasteiger partial charge is 0.397 e. The van der Waals surface area contributed by atoms with Gasteiger partial charge >= 0.3 is 0 Å². The van der Waals surface area contributed by atoms with Gasteiger partial charge in [0.25, 0.3) is 0 Å². The number of nitrogens with two attached hydrogens (primary N) is 1. The average molecular weight is 191 g/mol. The highest BCUT2D eigenvalue weighted by molar-refractivity contribution is 5.86. The standard InChI is InChI=1S/C10H10FN3/c1-5-6(2)14-10-8(12)3-7(11)4-9(10)13-5/h3-4H,12H2,1-2H3. The molecular weight excluding hydrogens is 181 g/mol. The molecule has 0 spiro atoms. The second-order valence-electron chi connectivity index (χ2n) is 3.26. The van der Waals surface area contributed by atoms with E-state index in [9.17, 15) is 4.39 Å². The van der Waals surface area contributed by atoms with Crippen molar-refractivity contribution in [2.45, 2.75) is 13.8 Å². The lowest BCUT2D eigenvalue weighted by molar-refractivity contribution is 0.630. The molecule has 0 radical (unpaired) electrons. The number of rotatable bonds is 0. The van der Waals surface area contributed by atoms with Crippen molar-refractivity contribution in [2.24, 2.45) is 0 Å². The van der Waals surface area contributed by atoms with Crippen molar-refractivity contribution >= 4 is 16.7 Å². The van der Waals surface area contributed by atoms with Gasteiger partial charge in [-0.2, -0.15) is 0 Å². The predicted octanol–water partition coefficient (Wildman–Crippen LogP) is 1.97. The molecule has 0 amide bonds. The third-order valence-electron chi connectivity index (χ3n) is 2.18. The van der Waals surface area contributed by atoms with Crippen LogP contribution in [-0.4, -0.2) is 9.97 Å². The molecule has 2 rings (SSSR count). The molecule has 0 bridgehead atoms. The summed E-state index contributed by atoms with van der Waals surface area (Å²) in [5.41, 5.74) is 8.64. The zero-order chi connectivity index (χ0) is 10.3. The van der Waals surface area contributed by atoms with Gasteiger partial charge in [-0.3, -0.25) is 0 Å². The van der Waals surface area contributed by atoms with Crippen LogP contribution in [0.3, 0.4) is 0 Å². The summed E-state index contributed by atoms with van der Waals surface area (Å²) in [7, 11) is 0. The molecule has 14 heavy (non-hydrogen) atoms. The van der Waals surface area contributed by atoms with E-state index >= 15 is 0 Å². The summed E-state index contributed by atoms with van der Waals surface area (Å²) in [6, 6.07) is 2.59. The highest BCUT2D eigenvalue weighted by atomic mass is 19.1. The first kappa shape index (κ1) is 8.87. The minimum absolute atomic E-state index is 0.329. The van der Waals surface area contributed by atoms with E-state index in [0.717, 1.165) is 11.4 Å². The number of aryl methyl sites for hydroxylation is 2. The van der Waals surface area contributed by atoms with Crippen molar-refractivity contribution in [3.63, 3.8) is 0 Å². The third kappa shape index (κ3) is 1.28. The molecule has 0 fully saturated rings. The van der Waals surface area contributed by atoms with Gasteiger partial charge < -0.3 is 5.73 Å². The summed E-state index contributed by atoms with van der Waals surface area (Å²) in [5, 5.41) is 0. The van der Waals surface area contributed by atoms with E-state index in [-0.39, 0.29) is 5.82 Å².